The third-order valence-corrected chi connectivity index (χ3v) is 1.17. The highest BCUT2D eigenvalue weighted by molar-refractivity contribution is 5.80. The number of rotatable bonds is 2. The fraction of sp³-hybridized carbons (Fsp3) is 0. The van der Waals surface area contributed by atoms with Crippen LogP contribution in [-0.4, -0.2) is 17.4 Å². The van der Waals surface area contributed by atoms with Gasteiger partial charge < -0.3 is 5.11 Å². The first-order valence-electron chi connectivity index (χ1n) is 3.36. The number of hydrazone groups is 1. The highest BCUT2D eigenvalue weighted by Gasteiger charge is 1.87. The number of nitrogens with one attached hydrogen (secondary N) is 1. The van der Waals surface area contributed by atoms with Crippen molar-refractivity contribution in [2.75, 3.05) is 0 Å². The van der Waals surface area contributed by atoms with E-state index in [9.17, 15) is 4.79 Å². The molecule has 0 spiro atoms. The van der Waals surface area contributed by atoms with Crippen LogP contribution in [0.1, 0.15) is 5.56 Å². The van der Waals surface area contributed by atoms with Crippen molar-refractivity contribution in [1.82, 2.24) is 5.43 Å². The largest absolute Gasteiger partial charge is 0.464 e. The molecule has 0 aliphatic rings. The van der Waals surface area contributed by atoms with E-state index in [1.165, 1.54) is 6.21 Å². The van der Waals surface area contributed by atoms with Crippen molar-refractivity contribution in [3.63, 3.8) is 0 Å². The second-order valence-corrected chi connectivity index (χ2v) is 2.09. The van der Waals surface area contributed by atoms with Crippen LogP contribution in [0.2, 0.25) is 0 Å². The summed E-state index contributed by atoms with van der Waals surface area (Å²) < 4.78 is 0. The Bertz CT molecular complexity index is 282. The molecule has 0 unspecified atom stereocenters. The van der Waals surface area contributed by atoms with Gasteiger partial charge in [-0.15, -0.1) is 0 Å². The first kappa shape index (κ1) is 8.26. The summed E-state index contributed by atoms with van der Waals surface area (Å²) in [6.07, 6.45) is 0.274. The molecule has 4 heteroatoms. The van der Waals surface area contributed by atoms with Crippen LogP contribution in [0.4, 0.5) is 4.79 Å². The van der Waals surface area contributed by atoms with Gasteiger partial charge in [0.15, 0.2) is 0 Å². The van der Waals surface area contributed by atoms with E-state index in [2.05, 4.69) is 5.10 Å². The van der Waals surface area contributed by atoms with Crippen molar-refractivity contribution in [3.8, 4) is 0 Å². The fourth-order valence-corrected chi connectivity index (χ4v) is 0.701. The molecule has 4 nitrogen and oxygen atoms in total. The van der Waals surface area contributed by atoms with Crippen molar-refractivity contribution in [3.05, 3.63) is 35.9 Å². The van der Waals surface area contributed by atoms with Crippen molar-refractivity contribution in [2.24, 2.45) is 5.10 Å². The van der Waals surface area contributed by atoms with Crippen LogP contribution < -0.4 is 5.43 Å². The minimum Gasteiger partial charge on any atom is -0.464 e. The summed E-state index contributed by atoms with van der Waals surface area (Å²) in [5, 5.41) is 11.6. The summed E-state index contributed by atoms with van der Waals surface area (Å²) in [4.78, 5) is 9.96. The van der Waals surface area contributed by atoms with Gasteiger partial charge in [0.2, 0.25) is 0 Å². The lowest BCUT2D eigenvalue weighted by molar-refractivity contribution is 0.195. The van der Waals surface area contributed by atoms with Gasteiger partial charge in [-0.2, -0.15) is 5.10 Å². The molecule has 0 bridgehead atoms. The Hall–Kier alpha value is -1.84. The standard InChI is InChI=1S/C8H8N2O2/c11-8(12)10-9-6-7-4-2-1-3-5-7/h1-6,10H,(H,11,12). The molecule has 1 aromatic rings. The molecular formula is C8H8N2O2. The zero-order valence-corrected chi connectivity index (χ0v) is 6.27. The lowest BCUT2D eigenvalue weighted by atomic mass is 10.2. The third kappa shape index (κ3) is 2.83. The molecule has 1 rings (SSSR count). The van der Waals surface area contributed by atoms with E-state index in [-0.39, 0.29) is 0 Å². The zero-order valence-electron chi connectivity index (χ0n) is 6.27. The molecule has 0 fully saturated rings. The van der Waals surface area contributed by atoms with Gasteiger partial charge in [-0.3, -0.25) is 0 Å². The molecule has 0 atom stereocenters. The molecule has 0 saturated carbocycles. The highest BCUT2D eigenvalue weighted by atomic mass is 16.4. The Morgan fingerprint density at radius 1 is 1.42 bits per heavy atom. The summed E-state index contributed by atoms with van der Waals surface area (Å²) in [5.41, 5.74) is 2.73. The highest BCUT2D eigenvalue weighted by Crippen LogP contribution is 1.92. The lowest BCUT2D eigenvalue weighted by Crippen LogP contribution is -2.13. The van der Waals surface area contributed by atoms with Crippen LogP contribution in [0, 0.1) is 0 Å². The van der Waals surface area contributed by atoms with Crippen molar-refractivity contribution in [2.45, 2.75) is 0 Å². The Morgan fingerprint density at radius 2 is 2.08 bits per heavy atom. The molecule has 0 saturated heterocycles. The van der Waals surface area contributed by atoms with Gasteiger partial charge >= 0.3 is 6.09 Å². The van der Waals surface area contributed by atoms with Crippen LogP contribution in [0.15, 0.2) is 35.4 Å². The first-order valence-corrected chi connectivity index (χ1v) is 3.36. The van der Waals surface area contributed by atoms with E-state index < -0.39 is 6.09 Å². The molecule has 1 aromatic carbocycles. The molecule has 12 heavy (non-hydrogen) atoms. The van der Waals surface area contributed by atoms with E-state index in [1.807, 2.05) is 35.8 Å². The Labute approximate surface area is 69.5 Å². The van der Waals surface area contributed by atoms with Gasteiger partial charge in [0, 0.05) is 0 Å². The van der Waals surface area contributed by atoms with E-state index in [0.717, 1.165) is 5.56 Å². The second-order valence-electron chi connectivity index (χ2n) is 2.09. The predicted octanol–water partition coefficient (Wildman–Crippen LogP) is 1.29. The maximum atomic E-state index is 9.96. The number of amides is 1. The van der Waals surface area contributed by atoms with Crippen molar-refractivity contribution >= 4 is 12.3 Å². The second kappa shape index (κ2) is 4.12. The van der Waals surface area contributed by atoms with Crippen LogP contribution in [0.5, 0.6) is 0 Å². The average molecular weight is 164 g/mol. The zero-order chi connectivity index (χ0) is 8.81. The number of carbonyl (C=O) groups is 1. The summed E-state index contributed by atoms with van der Waals surface area (Å²) in [5.74, 6) is 0. The molecule has 0 heterocycles. The van der Waals surface area contributed by atoms with Crippen LogP contribution >= 0.6 is 0 Å². The van der Waals surface area contributed by atoms with Gasteiger partial charge in [-0.25, -0.2) is 10.2 Å². The van der Waals surface area contributed by atoms with E-state index in [1.54, 1.807) is 0 Å². The van der Waals surface area contributed by atoms with Crippen molar-refractivity contribution < 1.29 is 9.90 Å². The SMILES string of the molecule is O=C(O)NN=Cc1ccccc1. The summed E-state index contributed by atoms with van der Waals surface area (Å²) in [6.45, 7) is 0. The first-order chi connectivity index (χ1) is 5.79. The normalized spacial score (nSPS) is 10.0. The minimum atomic E-state index is -1.16. The fourth-order valence-electron chi connectivity index (χ4n) is 0.701. The van der Waals surface area contributed by atoms with Gasteiger partial charge in [0.25, 0.3) is 0 Å². The molecular weight excluding hydrogens is 156 g/mol. The smallest absolute Gasteiger partial charge is 0.425 e. The molecule has 0 aliphatic heterocycles. The molecule has 62 valence electrons. The molecule has 2 N–H and O–H groups in total. The number of hydrogen-bond acceptors (Lipinski definition) is 2. The van der Waals surface area contributed by atoms with Crippen LogP contribution in [0.25, 0.3) is 0 Å². The van der Waals surface area contributed by atoms with E-state index in [4.69, 9.17) is 5.11 Å². The molecule has 1 amide bonds. The van der Waals surface area contributed by atoms with Gasteiger partial charge in [0.05, 0.1) is 6.21 Å². The number of benzene rings is 1. The summed E-state index contributed by atoms with van der Waals surface area (Å²) in [7, 11) is 0. The number of carboxylic acid groups (broad SMARTS) is 1. The van der Waals surface area contributed by atoms with Gasteiger partial charge in [-0.05, 0) is 5.56 Å². The van der Waals surface area contributed by atoms with Crippen molar-refractivity contribution in [1.29, 1.82) is 0 Å². The Kier molecular flexibility index (Phi) is 2.84. The topological polar surface area (TPSA) is 61.7 Å². The molecule has 0 aliphatic carbocycles. The Balaban J connectivity index is 2.52. The quantitative estimate of drug-likeness (QED) is 0.511. The number of nitrogens with zero attached hydrogens (tertiary/aromatic N) is 1. The lowest BCUT2D eigenvalue weighted by Gasteiger charge is -1.90. The van der Waals surface area contributed by atoms with Crippen LogP contribution in [0.3, 0.4) is 0 Å². The summed E-state index contributed by atoms with van der Waals surface area (Å²) in [6, 6.07) is 9.23. The minimum absolute atomic E-state index is 0.853. The Morgan fingerprint density at radius 3 is 2.67 bits per heavy atom. The van der Waals surface area contributed by atoms with E-state index in [0.29, 0.717) is 0 Å². The monoisotopic (exact) mass is 164 g/mol. The van der Waals surface area contributed by atoms with E-state index >= 15 is 0 Å². The molecule has 0 aromatic heterocycles. The predicted molar refractivity (Wildman–Crippen MR) is 45.2 cm³/mol. The maximum absolute atomic E-state index is 9.96. The maximum Gasteiger partial charge on any atom is 0.425 e. The average Bonchev–Trinajstić information content (AvgIpc) is 2.05. The number of hydrogen-bond donors (Lipinski definition) is 2. The molecule has 0 radical (unpaired) electrons. The summed E-state index contributed by atoms with van der Waals surface area (Å²) >= 11 is 0. The third-order valence-electron chi connectivity index (χ3n) is 1.17. The van der Waals surface area contributed by atoms with Gasteiger partial charge in [0.1, 0.15) is 0 Å². The van der Waals surface area contributed by atoms with Crippen LogP contribution in [-0.2, 0) is 0 Å². The van der Waals surface area contributed by atoms with Gasteiger partial charge in [-0.1, -0.05) is 30.3 Å².